The Morgan fingerprint density at radius 1 is 1.17 bits per heavy atom. The van der Waals surface area contributed by atoms with Gasteiger partial charge in [0.2, 0.25) is 0 Å². The first-order valence-corrected chi connectivity index (χ1v) is 10.3. The Bertz CT molecular complexity index is 691. The normalized spacial score (nSPS) is 20.0. The number of ether oxygens (including phenoxy) is 1. The third-order valence-electron chi connectivity index (χ3n) is 4.70. The molecule has 1 heterocycles. The molecular formula is C21H36N6O2. The van der Waals surface area contributed by atoms with E-state index in [0.29, 0.717) is 12.6 Å². The summed E-state index contributed by atoms with van der Waals surface area (Å²) in [7, 11) is 5.73. The van der Waals surface area contributed by atoms with Gasteiger partial charge in [-0.05, 0) is 58.6 Å². The molecule has 3 N–H and O–H groups in total. The SMILES string of the molecule is CN=C(NCc1cccc(N(C)C)n1)NC1CCC(NC(=O)OC(C)(C)C)CC1. The van der Waals surface area contributed by atoms with Crippen LogP contribution in [0.25, 0.3) is 0 Å². The van der Waals surface area contributed by atoms with E-state index in [9.17, 15) is 4.79 Å². The molecule has 1 amide bonds. The molecule has 1 aromatic heterocycles. The van der Waals surface area contributed by atoms with Crippen molar-refractivity contribution in [3.05, 3.63) is 23.9 Å². The van der Waals surface area contributed by atoms with Gasteiger partial charge in [0.1, 0.15) is 11.4 Å². The lowest BCUT2D eigenvalue weighted by molar-refractivity contribution is 0.0490. The highest BCUT2D eigenvalue weighted by Gasteiger charge is 2.25. The van der Waals surface area contributed by atoms with Gasteiger partial charge in [-0.25, -0.2) is 9.78 Å². The molecular weight excluding hydrogens is 368 g/mol. The number of guanidine groups is 1. The first-order chi connectivity index (χ1) is 13.7. The molecule has 1 saturated carbocycles. The van der Waals surface area contributed by atoms with Gasteiger partial charge in [-0.15, -0.1) is 0 Å². The van der Waals surface area contributed by atoms with Crippen LogP contribution in [0.1, 0.15) is 52.1 Å². The maximum absolute atomic E-state index is 11.9. The predicted octanol–water partition coefficient (Wildman–Crippen LogP) is 2.65. The predicted molar refractivity (Wildman–Crippen MR) is 117 cm³/mol. The molecule has 0 spiro atoms. The van der Waals surface area contributed by atoms with Crippen molar-refractivity contribution in [1.29, 1.82) is 0 Å². The Hall–Kier alpha value is -2.51. The lowest BCUT2D eigenvalue weighted by Gasteiger charge is -2.31. The number of amides is 1. The van der Waals surface area contributed by atoms with E-state index >= 15 is 0 Å². The molecule has 0 aliphatic heterocycles. The molecule has 1 aliphatic rings. The second-order valence-electron chi connectivity index (χ2n) is 8.65. The van der Waals surface area contributed by atoms with Gasteiger partial charge in [-0.1, -0.05) is 6.07 Å². The highest BCUT2D eigenvalue weighted by molar-refractivity contribution is 5.79. The summed E-state index contributed by atoms with van der Waals surface area (Å²) in [5.74, 6) is 1.70. The summed E-state index contributed by atoms with van der Waals surface area (Å²) in [4.78, 5) is 22.9. The minimum atomic E-state index is -0.470. The number of carbonyl (C=O) groups excluding carboxylic acids is 1. The lowest BCUT2D eigenvalue weighted by Crippen LogP contribution is -2.48. The molecule has 8 heteroatoms. The van der Waals surface area contributed by atoms with Crippen LogP contribution >= 0.6 is 0 Å². The van der Waals surface area contributed by atoms with Crippen LogP contribution in [0.2, 0.25) is 0 Å². The third kappa shape index (κ3) is 8.17. The van der Waals surface area contributed by atoms with Gasteiger partial charge in [-0.3, -0.25) is 4.99 Å². The van der Waals surface area contributed by atoms with E-state index in [-0.39, 0.29) is 12.1 Å². The zero-order valence-electron chi connectivity index (χ0n) is 18.6. The highest BCUT2D eigenvalue weighted by Crippen LogP contribution is 2.19. The number of nitrogens with one attached hydrogen (secondary N) is 3. The number of nitrogens with zero attached hydrogens (tertiary/aromatic N) is 3. The standard InChI is InChI=1S/C21H36N6O2/c1-21(2,3)29-20(28)26-16-12-10-15(11-13-16)25-19(22-4)23-14-17-8-7-9-18(24-17)27(5)6/h7-9,15-16H,10-14H2,1-6H3,(H,26,28)(H2,22,23,25). The zero-order chi connectivity index (χ0) is 21.4. The highest BCUT2D eigenvalue weighted by atomic mass is 16.6. The summed E-state index contributed by atoms with van der Waals surface area (Å²) >= 11 is 0. The molecule has 0 atom stereocenters. The van der Waals surface area contributed by atoms with Crippen LogP contribution in [0.3, 0.4) is 0 Å². The first kappa shape index (κ1) is 22.8. The van der Waals surface area contributed by atoms with E-state index in [2.05, 4.69) is 25.9 Å². The van der Waals surface area contributed by atoms with E-state index in [0.717, 1.165) is 43.2 Å². The van der Waals surface area contributed by atoms with Crippen LogP contribution in [0.5, 0.6) is 0 Å². The fourth-order valence-corrected chi connectivity index (χ4v) is 3.23. The molecule has 162 valence electrons. The number of hydrogen-bond acceptors (Lipinski definition) is 5. The van der Waals surface area contributed by atoms with Crippen LogP contribution < -0.4 is 20.9 Å². The van der Waals surface area contributed by atoms with Gasteiger partial charge in [0.05, 0.1) is 12.2 Å². The second-order valence-corrected chi connectivity index (χ2v) is 8.65. The molecule has 8 nitrogen and oxygen atoms in total. The molecule has 0 aromatic carbocycles. The average Bonchev–Trinajstić information content (AvgIpc) is 2.65. The quantitative estimate of drug-likeness (QED) is 0.516. The van der Waals surface area contributed by atoms with Gasteiger partial charge in [0, 0.05) is 33.2 Å². The Morgan fingerprint density at radius 2 is 1.79 bits per heavy atom. The molecule has 2 rings (SSSR count). The van der Waals surface area contributed by atoms with Gasteiger partial charge in [0.15, 0.2) is 5.96 Å². The maximum atomic E-state index is 11.9. The Kier molecular flexibility index (Phi) is 8.10. The Morgan fingerprint density at radius 3 is 2.34 bits per heavy atom. The van der Waals surface area contributed by atoms with Crippen molar-refractivity contribution in [2.75, 3.05) is 26.0 Å². The van der Waals surface area contributed by atoms with E-state index < -0.39 is 5.60 Å². The van der Waals surface area contributed by atoms with Gasteiger partial charge < -0.3 is 25.6 Å². The first-order valence-electron chi connectivity index (χ1n) is 10.3. The summed E-state index contributed by atoms with van der Waals surface area (Å²) in [6.45, 7) is 6.23. The molecule has 1 aromatic rings. The van der Waals surface area contributed by atoms with E-state index in [1.165, 1.54) is 0 Å². The topological polar surface area (TPSA) is 90.9 Å². The summed E-state index contributed by atoms with van der Waals surface area (Å²) in [6, 6.07) is 6.49. The van der Waals surface area contributed by atoms with Crippen LogP contribution in [0.4, 0.5) is 10.6 Å². The summed E-state index contributed by atoms with van der Waals surface area (Å²) in [5.41, 5.74) is 0.492. The summed E-state index contributed by atoms with van der Waals surface area (Å²) in [6.07, 6.45) is 3.44. The number of rotatable bonds is 5. The maximum Gasteiger partial charge on any atom is 0.407 e. The van der Waals surface area contributed by atoms with Crippen LogP contribution in [0.15, 0.2) is 23.2 Å². The number of aliphatic imine (C=N–C) groups is 1. The molecule has 0 saturated heterocycles. The van der Waals surface area contributed by atoms with Crippen LogP contribution in [0, 0.1) is 0 Å². The van der Waals surface area contributed by atoms with Crippen LogP contribution in [-0.4, -0.2) is 55.9 Å². The van der Waals surface area contributed by atoms with Gasteiger partial charge >= 0.3 is 6.09 Å². The Labute approximate surface area is 174 Å². The smallest absolute Gasteiger partial charge is 0.407 e. The lowest BCUT2D eigenvalue weighted by atomic mass is 9.91. The number of hydrogen-bond donors (Lipinski definition) is 3. The second kappa shape index (κ2) is 10.3. The fourth-order valence-electron chi connectivity index (χ4n) is 3.23. The minimum Gasteiger partial charge on any atom is -0.444 e. The number of anilines is 1. The molecule has 1 aliphatic carbocycles. The molecule has 1 fully saturated rings. The summed E-state index contributed by atoms with van der Waals surface area (Å²) in [5, 5.41) is 9.80. The third-order valence-corrected chi connectivity index (χ3v) is 4.70. The van der Waals surface area contributed by atoms with Crippen molar-refractivity contribution in [3.63, 3.8) is 0 Å². The van der Waals surface area contributed by atoms with Gasteiger partial charge in [-0.2, -0.15) is 0 Å². The van der Waals surface area contributed by atoms with Crippen molar-refractivity contribution in [2.24, 2.45) is 4.99 Å². The number of aromatic nitrogens is 1. The number of carbonyl (C=O) groups is 1. The molecule has 0 bridgehead atoms. The van der Waals surface area contributed by atoms with Crippen LogP contribution in [-0.2, 0) is 11.3 Å². The zero-order valence-corrected chi connectivity index (χ0v) is 18.6. The fraction of sp³-hybridized carbons (Fsp3) is 0.667. The van der Waals surface area contributed by atoms with E-state index in [1.54, 1.807) is 7.05 Å². The van der Waals surface area contributed by atoms with Crippen molar-refractivity contribution in [1.82, 2.24) is 20.9 Å². The average molecular weight is 405 g/mol. The van der Waals surface area contributed by atoms with Crippen molar-refractivity contribution in [2.45, 2.75) is 70.7 Å². The Balaban J connectivity index is 1.75. The number of pyridine rings is 1. The van der Waals surface area contributed by atoms with E-state index in [1.807, 2.05) is 58.0 Å². The monoisotopic (exact) mass is 404 g/mol. The summed E-state index contributed by atoms with van der Waals surface area (Å²) < 4.78 is 5.34. The van der Waals surface area contributed by atoms with Gasteiger partial charge in [0.25, 0.3) is 0 Å². The van der Waals surface area contributed by atoms with Crippen molar-refractivity contribution in [3.8, 4) is 0 Å². The molecule has 0 radical (unpaired) electrons. The van der Waals surface area contributed by atoms with Crippen molar-refractivity contribution >= 4 is 17.9 Å². The largest absolute Gasteiger partial charge is 0.444 e. The van der Waals surface area contributed by atoms with Crippen molar-refractivity contribution < 1.29 is 9.53 Å². The molecule has 29 heavy (non-hydrogen) atoms. The van der Waals surface area contributed by atoms with E-state index in [4.69, 9.17) is 4.74 Å². The molecule has 0 unspecified atom stereocenters. The number of alkyl carbamates (subject to hydrolysis) is 1. The minimum absolute atomic E-state index is 0.163.